The van der Waals surface area contributed by atoms with E-state index in [0.29, 0.717) is 5.58 Å². The third kappa shape index (κ3) is 0.852. The SMILES string of the molecule is Cc1cc2ccoc2c(=O)[nH]1. The average molecular weight is 149 g/mol. The number of hydrogen-bond donors (Lipinski definition) is 1. The van der Waals surface area contributed by atoms with Crippen molar-refractivity contribution in [3.05, 3.63) is 34.4 Å². The summed E-state index contributed by atoms with van der Waals surface area (Å²) in [6.45, 7) is 1.84. The second-order valence-corrected chi connectivity index (χ2v) is 2.49. The van der Waals surface area contributed by atoms with Crippen molar-refractivity contribution in [1.82, 2.24) is 4.98 Å². The molecule has 0 saturated carbocycles. The molecule has 0 fully saturated rings. The zero-order valence-corrected chi connectivity index (χ0v) is 6.05. The fourth-order valence-electron chi connectivity index (χ4n) is 1.12. The van der Waals surface area contributed by atoms with Crippen LogP contribution in [0.15, 0.2) is 27.6 Å². The number of nitrogens with one attached hydrogen (secondary N) is 1. The monoisotopic (exact) mass is 149 g/mol. The Balaban J connectivity index is 3.02. The molecule has 0 aliphatic rings. The van der Waals surface area contributed by atoms with Gasteiger partial charge < -0.3 is 9.40 Å². The van der Waals surface area contributed by atoms with Gasteiger partial charge in [0.15, 0.2) is 5.58 Å². The molecule has 2 aromatic heterocycles. The zero-order valence-electron chi connectivity index (χ0n) is 6.05. The number of fused-ring (bicyclic) bond motifs is 1. The zero-order chi connectivity index (χ0) is 7.84. The van der Waals surface area contributed by atoms with Crippen LogP contribution in [0.4, 0.5) is 0 Å². The minimum absolute atomic E-state index is 0.162. The van der Waals surface area contributed by atoms with Gasteiger partial charge in [-0.2, -0.15) is 0 Å². The van der Waals surface area contributed by atoms with Crippen LogP contribution < -0.4 is 5.56 Å². The van der Waals surface area contributed by atoms with Crippen LogP contribution in [0.3, 0.4) is 0 Å². The van der Waals surface area contributed by atoms with Gasteiger partial charge in [-0.05, 0) is 19.1 Å². The smallest absolute Gasteiger partial charge is 0.291 e. The van der Waals surface area contributed by atoms with Crippen LogP contribution in [0.1, 0.15) is 5.69 Å². The van der Waals surface area contributed by atoms with Crippen molar-refractivity contribution in [3.8, 4) is 0 Å². The minimum atomic E-state index is -0.162. The number of pyridine rings is 1. The van der Waals surface area contributed by atoms with Gasteiger partial charge in [-0.1, -0.05) is 0 Å². The summed E-state index contributed by atoms with van der Waals surface area (Å²) in [5.74, 6) is 0. The Morgan fingerprint density at radius 3 is 3.18 bits per heavy atom. The van der Waals surface area contributed by atoms with Gasteiger partial charge in [-0.3, -0.25) is 4.79 Å². The maximum absolute atomic E-state index is 11.1. The average Bonchev–Trinajstić information content (AvgIpc) is 2.34. The summed E-state index contributed by atoms with van der Waals surface area (Å²) in [7, 11) is 0. The first kappa shape index (κ1) is 6.22. The number of aryl methyl sites for hydroxylation is 1. The van der Waals surface area contributed by atoms with Crippen LogP contribution in [0.25, 0.3) is 11.0 Å². The molecule has 0 spiro atoms. The molecule has 11 heavy (non-hydrogen) atoms. The van der Waals surface area contributed by atoms with E-state index in [1.165, 1.54) is 6.26 Å². The molecular formula is C8H7NO2. The predicted octanol–water partition coefficient (Wildman–Crippen LogP) is 1.43. The van der Waals surface area contributed by atoms with Crippen molar-refractivity contribution in [1.29, 1.82) is 0 Å². The van der Waals surface area contributed by atoms with E-state index < -0.39 is 0 Å². The van der Waals surface area contributed by atoms with Crippen molar-refractivity contribution in [2.45, 2.75) is 6.92 Å². The second kappa shape index (κ2) is 1.99. The molecule has 3 nitrogen and oxygen atoms in total. The highest BCUT2D eigenvalue weighted by Gasteiger charge is 2.00. The summed E-state index contributed by atoms with van der Waals surface area (Å²) in [4.78, 5) is 13.8. The first-order valence-electron chi connectivity index (χ1n) is 3.34. The van der Waals surface area contributed by atoms with E-state index in [0.717, 1.165) is 11.1 Å². The second-order valence-electron chi connectivity index (χ2n) is 2.49. The van der Waals surface area contributed by atoms with Crippen LogP contribution in [0.2, 0.25) is 0 Å². The highest BCUT2D eigenvalue weighted by atomic mass is 16.3. The molecule has 56 valence electrons. The Labute approximate surface area is 62.7 Å². The van der Waals surface area contributed by atoms with Crippen molar-refractivity contribution >= 4 is 11.0 Å². The van der Waals surface area contributed by atoms with Crippen LogP contribution >= 0.6 is 0 Å². The topological polar surface area (TPSA) is 46.0 Å². The number of aromatic amines is 1. The third-order valence-corrected chi connectivity index (χ3v) is 1.58. The molecule has 2 aromatic rings. The van der Waals surface area contributed by atoms with Crippen molar-refractivity contribution < 1.29 is 4.42 Å². The standard InChI is InChI=1S/C8H7NO2/c1-5-4-6-2-3-11-7(6)8(10)9-5/h2-4H,1H3,(H,9,10). The van der Waals surface area contributed by atoms with E-state index in [1.807, 2.05) is 13.0 Å². The minimum Gasteiger partial charge on any atom is -0.459 e. The van der Waals surface area contributed by atoms with Crippen molar-refractivity contribution in [3.63, 3.8) is 0 Å². The van der Waals surface area contributed by atoms with Gasteiger partial charge in [0, 0.05) is 11.1 Å². The lowest BCUT2D eigenvalue weighted by Crippen LogP contribution is -2.05. The summed E-state index contributed by atoms with van der Waals surface area (Å²) in [5.41, 5.74) is 1.09. The fourth-order valence-corrected chi connectivity index (χ4v) is 1.12. The molecule has 3 heteroatoms. The Morgan fingerprint density at radius 2 is 2.36 bits per heavy atom. The van der Waals surface area contributed by atoms with Gasteiger partial charge in [0.1, 0.15) is 0 Å². The van der Waals surface area contributed by atoms with Gasteiger partial charge in [-0.25, -0.2) is 0 Å². The largest absolute Gasteiger partial charge is 0.459 e. The Bertz CT molecular complexity index is 439. The van der Waals surface area contributed by atoms with Gasteiger partial charge in [0.05, 0.1) is 6.26 Å². The molecule has 0 aliphatic carbocycles. The Kier molecular flexibility index (Phi) is 1.12. The van der Waals surface area contributed by atoms with Gasteiger partial charge >= 0.3 is 0 Å². The predicted molar refractivity (Wildman–Crippen MR) is 41.6 cm³/mol. The lowest BCUT2D eigenvalue weighted by Gasteiger charge is -1.90. The van der Waals surface area contributed by atoms with E-state index in [1.54, 1.807) is 6.07 Å². The molecule has 0 unspecified atom stereocenters. The number of aromatic nitrogens is 1. The maximum atomic E-state index is 11.1. The molecule has 0 amide bonds. The van der Waals surface area contributed by atoms with E-state index in [2.05, 4.69) is 4.98 Å². The van der Waals surface area contributed by atoms with Crippen molar-refractivity contribution in [2.24, 2.45) is 0 Å². The van der Waals surface area contributed by atoms with E-state index in [-0.39, 0.29) is 5.56 Å². The molecule has 2 heterocycles. The lowest BCUT2D eigenvalue weighted by atomic mass is 10.3. The molecule has 0 atom stereocenters. The lowest BCUT2D eigenvalue weighted by molar-refractivity contribution is 0.610. The van der Waals surface area contributed by atoms with Gasteiger partial charge in [0.25, 0.3) is 5.56 Å². The van der Waals surface area contributed by atoms with E-state index in [4.69, 9.17) is 4.42 Å². The maximum Gasteiger partial charge on any atom is 0.291 e. The fraction of sp³-hybridized carbons (Fsp3) is 0.125. The Morgan fingerprint density at radius 1 is 1.55 bits per heavy atom. The normalized spacial score (nSPS) is 10.6. The summed E-state index contributed by atoms with van der Waals surface area (Å²) < 4.78 is 4.96. The van der Waals surface area contributed by atoms with Crippen LogP contribution in [-0.2, 0) is 0 Å². The van der Waals surface area contributed by atoms with Gasteiger partial charge in [0.2, 0.25) is 0 Å². The first-order chi connectivity index (χ1) is 5.27. The van der Waals surface area contributed by atoms with Gasteiger partial charge in [-0.15, -0.1) is 0 Å². The number of furan rings is 1. The van der Waals surface area contributed by atoms with Crippen LogP contribution in [0, 0.1) is 6.92 Å². The molecule has 0 aliphatic heterocycles. The van der Waals surface area contributed by atoms with Crippen LogP contribution in [-0.4, -0.2) is 4.98 Å². The highest BCUT2D eigenvalue weighted by molar-refractivity contribution is 5.76. The summed E-state index contributed by atoms with van der Waals surface area (Å²) in [6.07, 6.45) is 1.51. The molecule has 2 rings (SSSR count). The molecular weight excluding hydrogens is 142 g/mol. The van der Waals surface area contributed by atoms with E-state index in [9.17, 15) is 4.79 Å². The molecule has 1 N–H and O–H groups in total. The number of hydrogen-bond acceptors (Lipinski definition) is 2. The van der Waals surface area contributed by atoms with Crippen LogP contribution in [0.5, 0.6) is 0 Å². The molecule has 0 saturated heterocycles. The summed E-state index contributed by atoms with van der Waals surface area (Å²) in [5, 5.41) is 0.853. The molecule has 0 radical (unpaired) electrons. The quantitative estimate of drug-likeness (QED) is 0.615. The Hall–Kier alpha value is -1.51. The first-order valence-corrected chi connectivity index (χ1v) is 3.34. The molecule has 0 bridgehead atoms. The summed E-state index contributed by atoms with van der Waals surface area (Å²) >= 11 is 0. The van der Waals surface area contributed by atoms with E-state index >= 15 is 0 Å². The molecule has 0 aromatic carbocycles. The highest BCUT2D eigenvalue weighted by Crippen LogP contribution is 2.09. The van der Waals surface area contributed by atoms with Crippen molar-refractivity contribution in [2.75, 3.05) is 0 Å². The number of rotatable bonds is 0. The summed E-state index contributed by atoms with van der Waals surface area (Å²) in [6, 6.07) is 3.65. The third-order valence-electron chi connectivity index (χ3n) is 1.58. The number of H-pyrrole nitrogens is 1.